The first-order valence-electron chi connectivity index (χ1n) is 7.52. The topological polar surface area (TPSA) is 125 Å². The Kier molecular flexibility index (Phi) is 4.62. The summed E-state index contributed by atoms with van der Waals surface area (Å²) in [5, 5.41) is 36.0. The summed E-state index contributed by atoms with van der Waals surface area (Å²) in [6, 6.07) is 0. The lowest BCUT2D eigenvalue weighted by Crippen LogP contribution is -2.40. The minimum atomic E-state index is -1.16. The predicted octanol–water partition coefficient (Wildman–Crippen LogP) is -0.655. The number of rotatable bonds is 6. The maximum Gasteiger partial charge on any atom is 0.149 e. The van der Waals surface area contributed by atoms with E-state index in [0.29, 0.717) is 5.65 Å². The molecule has 126 valence electrons. The van der Waals surface area contributed by atoms with Gasteiger partial charge in [-0.05, 0) is 6.92 Å². The van der Waals surface area contributed by atoms with E-state index < -0.39 is 24.9 Å². The smallest absolute Gasteiger partial charge is 0.149 e. The summed E-state index contributed by atoms with van der Waals surface area (Å²) >= 11 is 0. The Morgan fingerprint density at radius 2 is 2.09 bits per heavy atom. The van der Waals surface area contributed by atoms with Gasteiger partial charge in [0, 0.05) is 19.3 Å². The van der Waals surface area contributed by atoms with E-state index in [1.807, 2.05) is 6.20 Å². The number of nitrogens with one attached hydrogen (secondary N) is 2. The van der Waals surface area contributed by atoms with Crippen molar-refractivity contribution in [2.24, 2.45) is 0 Å². The molecule has 0 aliphatic carbocycles. The van der Waals surface area contributed by atoms with E-state index in [-0.39, 0.29) is 6.73 Å². The first kappa shape index (κ1) is 15.9. The Balaban J connectivity index is 1.84. The summed E-state index contributed by atoms with van der Waals surface area (Å²) in [7, 11) is 0. The normalized spacial score (nSPS) is 17.9. The third kappa shape index (κ3) is 3.08. The standard InChI is InChI=1S/C14H21N5O4/c1-8(21)12(22)10(5-20)23-7-19-4-9-11-13(16-3-2-15-9)17-6-18-14(11)19/h4,6,8,10,12,15,20-22H,2-3,5,7H2,1H3,(H,16,17,18)/t8-,10+,12-/m0/s1. The van der Waals surface area contributed by atoms with Crippen LogP contribution in [0.2, 0.25) is 0 Å². The van der Waals surface area contributed by atoms with Crippen LogP contribution in [0.3, 0.4) is 0 Å². The van der Waals surface area contributed by atoms with Crippen LogP contribution in [0.4, 0.5) is 11.5 Å². The van der Waals surface area contributed by atoms with E-state index in [4.69, 9.17) is 4.74 Å². The number of hydrogen-bond donors (Lipinski definition) is 5. The summed E-state index contributed by atoms with van der Waals surface area (Å²) in [6.45, 7) is 2.67. The minimum Gasteiger partial charge on any atom is -0.394 e. The average Bonchev–Trinajstić information content (AvgIpc) is 2.77. The molecule has 0 saturated heterocycles. The molecule has 0 radical (unpaired) electrons. The zero-order valence-corrected chi connectivity index (χ0v) is 12.8. The van der Waals surface area contributed by atoms with Gasteiger partial charge in [-0.15, -0.1) is 0 Å². The highest BCUT2D eigenvalue weighted by Gasteiger charge is 2.24. The van der Waals surface area contributed by atoms with Crippen LogP contribution < -0.4 is 10.6 Å². The van der Waals surface area contributed by atoms with Gasteiger partial charge in [0.15, 0.2) is 0 Å². The zero-order chi connectivity index (χ0) is 16.4. The largest absolute Gasteiger partial charge is 0.394 e. The van der Waals surface area contributed by atoms with Gasteiger partial charge in [0.2, 0.25) is 0 Å². The maximum absolute atomic E-state index is 9.83. The van der Waals surface area contributed by atoms with Gasteiger partial charge in [-0.1, -0.05) is 0 Å². The molecule has 23 heavy (non-hydrogen) atoms. The molecule has 5 N–H and O–H groups in total. The molecule has 0 spiro atoms. The minimum absolute atomic E-state index is 0.0869. The number of ether oxygens (including phenoxy) is 1. The fourth-order valence-corrected chi connectivity index (χ4v) is 2.61. The second kappa shape index (κ2) is 6.67. The molecule has 0 fully saturated rings. The molecule has 3 rings (SSSR count). The Bertz CT molecular complexity index is 674. The van der Waals surface area contributed by atoms with E-state index >= 15 is 0 Å². The molecule has 9 heteroatoms. The lowest BCUT2D eigenvalue weighted by atomic mass is 10.1. The summed E-state index contributed by atoms with van der Waals surface area (Å²) in [5.41, 5.74) is 1.59. The van der Waals surface area contributed by atoms with Gasteiger partial charge in [-0.2, -0.15) is 0 Å². The lowest BCUT2D eigenvalue weighted by molar-refractivity contribution is -0.119. The summed E-state index contributed by atoms with van der Waals surface area (Å²) < 4.78 is 7.32. The second-order valence-electron chi connectivity index (χ2n) is 5.53. The van der Waals surface area contributed by atoms with Crippen molar-refractivity contribution in [1.29, 1.82) is 0 Å². The van der Waals surface area contributed by atoms with Gasteiger partial charge < -0.3 is 35.3 Å². The first-order chi connectivity index (χ1) is 11.1. The van der Waals surface area contributed by atoms with E-state index in [0.717, 1.165) is 30.0 Å². The number of hydrogen-bond acceptors (Lipinski definition) is 8. The van der Waals surface area contributed by atoms with Crippen LogP contribution in [0.25, 0.3) is 11.0 Å². The van der Waals surface area contributed by atoms with Crippen LogP contribution in [0.15, 0.2) is 12.5 Å². The summed E-state index contributed by atoms with van der Waals surface area (Å²) in [4.78, 5) is 8.53. The number of aliphatic hydroxyl groups excluding tert-OH is 3. The van der Waals surface area contributed by atoms with Crippen LogP contribution >= 0.6 is 0 Å². The van der Waals surface area contributed by atoms with E-state index in [9.17, 15) is 15.3 Å². The van der Waals surface area contributed by atoms with Gasteiger partial charge in [0.1, 0.15) is 36.7 Å². The zero-order valence-electron chi connectivity index (χ0n) is 12.8. The monoisotopic (exact) mass is 323 g/mol. The molecule has 9 nitrogen and oxygen atoms in total. The molecule has 0 saturated carbocycles. The van der Waals surface area contributed by atoms with Crippen molar-refractivity contribution < 1.29 is 20.1 Å². The Morgan fingerprint density at radius 3 is 2.83 bits per heavy atom. The lowest BCUT2D eigenvalue weighted by Gasteiger charge is -2.23. The van der Waals surface area contributed by atoms with Crippen molar-refractivity contribution >= 4 is 22.5 Å². The van der Waals surface area contributed by atoms with Gasteiger partial charge in [-0.25, -0.2) is 9.97 Å². The molecule has 1 aliphatic heterocycles. The summed E-state index contributed by atoms with van der Waals surface area (Å²) in [5.74, 6) is 0.761. The Morgan fingerprint density at radius 1 is 1.30 bits per heavy atom. The van der Waals surface area contributed by atoms with Gasteiger partial charge in [0.25, 0.3) is 0 Å². The molecular formula is C14H21N5O4. The van der Waals surface area contributed by atoms with Crippen LogP contribution in [-0.4, -0.2) is 67.9 Å². The molecule has 3 atom stereocenters. The molecule has 2 aromatic heterocycles. The van der Waals surface area contributed by atoms with Crippen molar-refractivity contribution in [3.8, 4) is 0 Å². The number of nitrogens with zero attached hydrogens (tertiary/aromatic N) is 3. The molecule has 0 aromatic carbocycles. The SMILES string of the molecule is C[C@H](O)[C@H](O)[C@@H](CO)OCn1cc2c3c(ncnc31)NCCN2. The van der Waals surface area contributed by atoms with Gasteiger partial charge >= 0.3 is 0 Å². The van der Waals surface area contributed by atoms with Crippen molar-refractivity contribution in [2.45, 2.75) is 32.0 Å². The molecule has 3 heterocycles. The van der Waals surface area contributed by atoms with Crippen molar-refractivity contribution in [3.63, 3.8) is 0 Å². The quantitative estimate of drug-likeness (QED) is 0.475. The van der Waals surface area contributed by atoms with Crippen molar-refractivity contribution in [2.75, 3.05) is 30.3 Å². The Hall–Kier alpha value is -1.94. The van der Waals surface area contributed by atoms with Crippen molar-refractivity contribution in [1.82, 2.24) is 14.5 Å². The summed E-state index contributed by atoms with van der Waals surface area (Å²) in [6.07, 6.45) is 0.305. The third-order valence-electron chi connectivity index (χ3n) is 3.87. The van der Waals surface area contributed by atoms with E-state index in [2.05, 4.69) is 20.6 Å². The fourth-order valence-electron chi connectivity index (χ4n) is 2.61. The highest BCUT2D eigenvalue weighted by molar-refractivity contribution is 5.99. The molecule has 2 aromatic rings. The first-order valence-corrected chi connectivity index (χ1v) is 7.52. The van der Waals surface area contributed by atoms with Gasteiger partial charge in [0.05, 0.1) is 23.8 Å². The second-order valence-corrected chi connectivity index (χ2v) is 5.53. The predicted molar refractivity (Wildman–Crippen MR) is 84.2 cm³/mol. The molecular weight excluding hydrogens is 302 g/mol. The molecule has 0 unspecified atom stereocenters. The van der Waals surface area contributed by atoms with Crippen LogP contribution in [0.1, 0.15) is 6.92 Å². The van der Waals surface area contributed by atoms with E-state index in [1.54, 1.807) is 4.57 Å². The highest BCUT2D eigenvalue weighted by Crippen LogP contribution is 2.31. The third-order valence-corrected chi connectivity index (χ3v) is 3.87. The van der Waals surface area contributed by atoms with Crippen LogP contribution in [0, 0.1) is 0 Å². The van der Waals surface area contributed by atoms with Crippen LogP contribution in [-0.2, 0) is 11.5 Å². The number of aliphatic hydroxyl groups is 3. The molecule has 0 amide bonds. The average molecular weight is 323 g/mol. The maximum atomic E-state index is 9.83. The molecule has 1 aliphatic rings. The van der Waals surface area contributed by atoms with E-state index in [1.165, 1.54) is 13.3 Å². The molecule has 0 bridgehead atoms. The van der Waals surface area contributed by atoms with Crippen LogP contribution in [0.5, 0.6) is 0 Å². The van der Waals surface area contributed by atoms with Gasteiger partial charge in [-0.3, -0.25) is 0 Å². The highest BCUT2D eigenvalue weighted by atomic mass is 16.5. The Labute approximate surface area is 132 Å². The van der Waals surface area contributed by atoms with Crippen molar-refractivity contribution in [3.05, 3.63) is 12.5 Å². The fraction of sp³-hybridized carbons (Fsp3) is 0.571. The number of anilines is 2. The number of aromatic nitrogens is 3.